The maximum absolute atomic E-state index is 12.1. The minimum absolute atomic E-state index is 0.211. The van der Waals surface area contributed by atoms with Crippen LogP contribution in [0.2, 0.25) is 0 Å². The molecule has 2 aromatic rings. The molecule has 2 rings (SSSR count). The lowest BCUT2D eigenvalue weighted by molar-refractivity contribution is 0.0527. The summed E-state index contributed by atoms with van der Waals surface area (Å²) in [7, 11) is 0. The quantitative estimate of drug-likeness (QED) is 0.754. The van der Waals surface area contributed by atoms with Gasteiger partial charge >= 0.3 is 5.97 Å². The van der Waals surface area contributed by atoms with Crippen LogP contribution in [0.4, 0.5) is 5.00 Å². The molecule has 6 heteroatoms. The van der Waals surface area contributed by atoms with E-state index >= 15 is 0 Å². The second-order valence-corrected chi connectivity index (χ2v) is 6.45. The Morgan fingerprint density at radius 1 is 1.48 bits per heavy atom. The number of esters is 1. The summed E-state index contributed by atoms with van der Waals surface area (Å²) in [5, 5.41) is 6.35. The number of carbonyl (C=O) groups is 1. The molecule has 114 valence electrons. The van der Waals surface area contributed by atoms with Crippen molar-refractivity contribution in [2.75, 3.05) is 11.9 Å². The fraction of sp³-hybridized carbons (Fsp3) is 0.467. The topological polar surface area (TPSA) is 51.2 Å². The Balaban J connectivity index is 2.23. The molecule has 0 spiro atoms. The Morgan fingerprint density at radius 2 is 2.29 bits per heavy atom. The first kappa shape index (κ1) is 16.0. The summed E-state index contributed by atoms with van der Waals surface area (Å²) >= 11 is 3.05. The predicted molar refractivity (Wildman–Crippen MR) is 88.4 cm³/mol. The maximum Gasteiger partial charge on any atom is 0.343 e. The minimum atomic E-state index is -0.298. The second-order valence-electron chi connectivity index (χ2n) is 4.69. The van der Waals surface area contributed by atoms with Gasteiger partial charge in [0.25, 0.3) is 0 Å². The standard InChI is InChI=1S/C15H20N2O2S2/c1-4-7-11(12-8-6-9-20-12)16-14-13(10(3)17-21-14)15(18)19-5-2/h6,8-9,11,16H,4-5,7H2,1-3H3. The average Bonchev–Trinajstić information content (AvgIpc) is 3.08. The molecule has 21 heavy (non-hydrogen) atoms. The number of rotatable bonds is 7. The normalized spacial score (nSPS) is 12.1. The van der Waals surface area contributed by atoms with Crippen LogP contribution in [0.1, 0.15) is 53.7 Å². The van der Waals surface area contributed by atoms with E-state index in [1.54, 1.807) is 11.3 Å². The lowest BCUT2D eigenvalue weighted by atomic mass is 10.1. The summed E-state index contributed by atoms with van der Waals surface area (Å²) in [6.07, 6.45) is 2.09. The van der Waals surface area contributed by atoms with E-state index in [-0.39, 0.29) is 12.0 Å². The molecule has 0 aliphatic heterocycles. The molecule has 0 radical (unpaired) electrons. The zero-order valence-corrected chi connectivity index (χ0v) is 14.1. The van der Waals surface area contributed by atoms with Gasteiger partial charge in [0.15, 0.2) is 0 Å². The van der Waals surface area contributed by atoms with E-state index < -0.39 is 0 Å². The third-order valence-corrected chi connectivity index (χ3v) is 4.97. The third-order valence-electron chi connectivity index (χ3n) is 3.11. The van der Waals surface area contributed by atoms with E-state index in [0.29, 0.717) is 12.2 Å². The molecule has 2 aromatic heterocycles. The van der Waals surface area contributed by atoms with Crippen molar-refractivity contribution in [3.63, 3.8) is 0 Å². The van der Waals surface area contributed by atoms with Gasteiger partial charge in [-0.05, 0) is 43.2 Å². The number of hydrogen-bond donors (Lipinski definition) is 1. The average molecular weight is 324 g/mol. The molecule has 0 fully saturated rings. The van der Waals surface area contributed by atoms with Crippen LogP contribution in [0.3, 0.4) is 0 Å². The zero-order chi connectivity index (χ0) is 15.2. The maximum atomic E-state index is 12.1. The van der Waals surface area contributed by atoms with Gasteiger partial charge in [-0.25, -0.2) is 4.79 Å². The fourth-order valence-corrected chi connectivity index (χ4v) is 3.78. The first-order valence-electron chi connectivity index (χ1n) is 7.10. The number of ether oxygens (including phenoxy) is 1. The van der Waals surface area contributed by atoms with E-state index in [0.717, 1.165) is 23.5 Å². The van der Waals surface area contributed by atoms with Crippen LogP contribution < -0.4 is 5.32 Å². The van der Waals surface area contributed by atoms with Crippen LogP contribution in [-0.2, 0) is 4.74 Å². The Hall–Kier alpha value is -1.40. The van der Waals surface area contributed by atoms with E-state index in [2.05, 4.69) is 34.1 Å². The highest BCUT2D eigenvalue weighted by Crippen LogP contribution is 2.32. The smallest absolute Gasteiger partial charge is 0.343 e. The Bertz CT molecular complexity index is 579. The van der Waals surface area contributed by atoms with Crippen molar-refractivity contribution < 1.29 is 9.53 Å². The Morgan fingerprint density at radius 3 is 2.90 bits per heavy atom. The molecular formula is C15H20N2O2S2. The molecule has 1 atom stereocenters. The number of aromatic nitrogens is 1. The number of thiophene rings is 1. The lowest BCUT2D eigenvalue weighted by Gasteiger charge is -2.17. The number of aryl methyl sites for hydroxylation is 1. The molecule has 0 aliphatic rings. The van der Waals surface area contributed by atoms with Crippen LogP contribution >= 0.6 is 22.9 Å². The number of hydrogen-bond acceptors (Lipinski definition) is 6. The summed E-state index contributed by atoms with van der Waals surface area (Å²) in [6.45, 7) is 6.18. The predicted octanol–water partition coefficient (Wildman–Crippen LogP) is 4.64. The number of anilines is 1. The molecular weight excluding hydrogens is 304 g/mol. The third kappa shape index (κ3) is 3.83. The van der Waals surface area contributed by atoms with Crippen LogP contribution in [0.15, 0.2) is 17.5 Å². The van der Waals surface area contributed by atoms with Gasteiger partial charge in [-0.15, -0.1) is 11.3 Å². The van der Waals surface area contributed by atoms with Crippen molar-refractivity contribution >= 4 is 33.8 Å². The van der Waals surface area contributed by atoms with Crippen LogP contribution in [0.5, 0.6) is 0 Å². The molecule has 1 N–H and O–H groups in total. The van der Waals surface area contributed by atoms with Crippen LogP contribution in [0.25, 0.3) is 0 Å². The van der Waals surface area contributed by atoms with Crippen molar-refractivity contribution in [2.24, 2.45) is 0 Å². The minimum Gasteiger partial charge on any atom is -0.462 e. The van der Waals surface area contributed by atoms with E-state index in [1.807, 2.05) is 13.8 Å². The van der Waals surface area contributed by atoms with E-state index in [1.165, 1.54) is 16.4 Å². The highest BCUT2D eigenvalue weighted by Gasteiger charge is 2.22. The molecule has 0 saturated carbocycles. The Kier molecular flexibility index (Phi) is 5.76. The van der Waals surface area contributed by atoms with E-state index in [9.17, 15) is 4.79 Å². The van der Waals surface area contributed by atoms with Gasteiger partial charge in [-0.1, -0.05) is 19.4 Å². The molecule has 0 saturated heterocycles. The lowest BCUT2D eigenvalue weighted by Crippen LogP contribution is -2.13. The summed E-state index contributed by atoms with van der Waals surface area (Å²) in [5.41, 5.74) is 1.29. The Labute approximate surface area is 133 Å². The first-order chi connectivity index (χ1) is 10.2. The summed E-state index contributed by atoms with van der Waals surface area (Å²) in [4.78, 5) is 13.4. The molecule has 4 nitrogen and oxygen atoms in total. The summed E-state index contributed by atoms with van der Waals surface area (Å²) in [6, 6.07) is 4.38. The molecule has 1 unspecified atom stereocenters. The fourth-order valence-electron chi connectivity index (χ4n) is 2.13. The monoisotopic (exact) mass is 324 g/mol. The van der Waals surface area contributed by atoms with Crippen LogP contribution in [0, 0.1) is 6.92 Å². The number of carbonyl (C=O) groups excluding carboxylic acids is 1. The zero-order valence-electron chi connectivity index (χ0n) is 12.5. The van der Waals surface area contributed by atoms with Crippen LogP contribution in [-0.4, -0.2) is 16.9 Å². The highest BCUT2D eigenvalue weighted by molar-refractivity contribution is 7.11. The molecule has 0 amide bonds. The van der Waals surface area contributed by atoms with Crippen molar-refractivity contribution in [2.45, 2.75) is 39.7 Å². The van der Waals surface area contributed by atoms with Crippen molar-refractivity contribution in [3.8, 4) is 0 Å². The highest BCUT2D eigenvalue weighted by atomic mass is 32.1. The number of nitrogens with zero attached hydrogens (tertiary/aromatic N) is 1. The van der Waals surface area contributed by atoms with Gasteiger partial charge in [0.05, 0.1) is 18.3 Å². The van der Waals surface area contributed by atoms with Crippen molar-refractivity contribution in [1.82, 2.24) is 4.37 Å². The summed E-state index contributed by atoms with van der Waals surface area (Å²) in [5.74, 6) is -0.298. The molecule has 0 bridgehead atoms. The summed E-state index contributed by atoms with van der Waals surface area (Å²) < 4.78 is 9.43. The van der Waals surface area contributed by atoms with Gasteiger partial charge in [0.2, 0.25) is 0 Å². The van der Waals surface area contributed by atoms with Gasteiger partial charge in [-0.2, -0.15) is 4.37 Å². The largest absolute Gasteiger partial charge is 0.462 e. The SMILES string of the molecule is CCCC(Nc1snc(C)c1C(=O)OCC)c1cccs1. The van der Waals surface area contributed by atoms with Crippen molar-refractivity contribution in [1.29, 1.82) is 0 Å². The first-order valence-corrected chi connectivity index (χ1v) is 8.76. The van der Waals surface area contributed by atoms with Gasteiger partial charge in [0.1, 0.15) is 10.6 Å². The molecule has 2 heterocycles. The molecule has 0 aliphatic carbocycles. The van der Waals surface area contributed by atoms with Gasteiger partial charge < -0.3 is 10.1 Å². The number of nitrogens with one attached hydrogen (secondary N) is 1. The van der Waals surface area contributed by atoms with Crippen molar-refractivity contribution in [3.05, 3.63) is 33.6 Å². The van der Waals surface area contributed by atoms with E-state index in [4.69, 9.17) is 4.74 Å². The van der Waals surface area contributed by atoms with Gasteiger partial charge in [0, 0.05) is 4.88 Å². The van der Waals surface area contributed by atoms with Gasteiger partial charge in [-0.3, -0.25) is 0 Å². The molecule has 0 aromatic carbocycles. The second kappa shape index (κ2) is 7.56.